The number of amides is 1. The molecule has 18 heavy (non-hydrogen) atoms. The first-order valence-electron chi connectivity index (χ1n) is 5.79. The molecule has 0 aliphatic heterocycles. The molecule has 1 aromatic carbocycles. The molecule has 4 heteroatoms. The van der Waals surface area contributed by atoms with Crippen LogP contribution in [0.3, 0.4) is 0 Å². The Labute approximate surface area is 121 Å². The standard InChI is InChI=1S/C14H18INO2/c1-9(17)11-7-10(15)5-6-12(11)16-13(18)8-14(2,3)4/h5-7H,8H2,1-4H3,(H,16,18). The smallest absolute Gasteiger partial charge is 0.224 e. The Morgan fingerprint density at radius 1 is 1.28 bits per heavy atom. The van der Waals surface area contributed by atoms with E-state index in [9.17, 15) is 9.59 Å². The summed E-state index contributed by atoms with van der Waals surface area (Å²) in [4.78, 5) is 23.4. The largest absolute Gasteiger partial charge is 0.325 e. The van der Waals surface area contributed by atoms with Crippen molar-refractivity contribution in [3.8, 4) is 0 Å². The molecular formula is C14H18INO2. The van der Waals surface area contributed by atoms with E-state index in [2.05, 4.69) is 27.9 Å². The highest BCUT2D eigenvalue weighted by Crippen LogP contribution is 2.23. The second-order valence-electron chi connectivity index (χ2n) is 5.53. The quantitative estimate of drug-likeness (QED) is 0.658. The highest BCUT2D eigenvalue weighted by atomic mass is 127. The monoisotopic (exact) mass is 359 g/mol. The van der Waals surface area contributed by atoms with Gasteiger partial charge in [-0.05, 0) is 53.1 Å². The van der Waals surface area contributed by atoms with Crippen molar-refractivity contribution in [1.29, 1.82) is 0 Å². The minimum Gasteiger partial charge on any atom is -0.325 e. The van der Waals surface area contributed by atoms with Crippen molar-refractivity contribution in [1.82, 2.24) is 0 Å². The van der Waals surface area contributed by atoms with E-state index in [4.69, 9.17) is 0 Å². The van der Waals surface area contributed by atoms with Gasteiger partial charge in [0, 0.05) is 15.6 Å². The third-order valence-corrected chi connectivity index (χ3v) is 3.00. The van der Waals surface area contributed by atoms with E-state index in [1.165, 1.54) is 6.92 Å². The molecule has 0 heterocycles. The Hall–Kier alpha value is -0.910. The number of nitrogens with one attached hydrogen (secondary N) is 1. The first kappa shape index (κ1) is 15.1. The lowest BCUT2D eigenvalue weighted by Crippen LogP contribution is -2.20. The lowest BCUT2D eigenvalue weighted by Gasteiger charge is -2.18. The Balaban J connectivity index is 2.91. The van der Waals surface area contributed by atoms with Gasteiger partial charge >= 0.3 is 0 Å². The number of anilines is 1. The molecule has 1 N–H and O–H groups in total. The van der Waals surface area contributed by atoms with Gasteiger partial charge in [-0.3, -0.25) is 9.59 Å². The lowest BCUT2D eigenvalue weighted by molar-refractivity contribution is -0.117. The predicted molar refractivity (Wildman–Crippen MR) is 81.9 cm³/mol. The van der Waals surface area contributed by atoms with Crippen LogP contribution in [0.4, 0.5) is 5.69 Å². The molecule has 0 radical (unpaired) electrons. The third kappa shape index (κ3) is 4.76. The summed E-state index contributed by atoms with van der Waals surface area (Å²) in [7, 11) is 0. The number of halogens is 1. The summed E-state index contributed by atoms with van der Waals surface area (Å²) in [5.41, 5.74) is 1.09. The van der Waals surface area contributed by atoms with Crippen LogP contribution in [0, 0.1) is 8.99 Å². The number of rotatable bonds is 3. The Morgan fingerprint density at radius 3 is 2.39 bits per heavy atom. The van der Waals surface area contributed by atoms with E-state index in [1.807, 2.05) is 26.8 Å². The molecule has 0 aromatic heterocycles. The van der Waals surface area contributed by atoms with Crippen molar-refractivity contribution >= 4 is 40.0 Å². The maximum absolute atomic E-state index is 11.9. The van der Waals surface area contributed by atoms with Crippen LogP contribution in [0.2, 0.25) is 0 Å². The molecule has 0 fully saturated rings. The summed E-state index contributed by atoms with van der Waals surface area (Å²) in [6.07, 6.45) is 0.427. The molecule has 0 spiro atoms. The molecule has 3 nitrogen and oxygen atoms in total. The fourth-order valence-electron chi connectivity index (χ4n) is 1.59. The highest BCUT2D eigenvalue weighted by molar-refractivity contribution is 14.1. The van der Waals surface area contributed by atoms with E-state index in [-0.39, 0.29) is 17.1 Å². The van der Waals surface area contributed by atoms with E-state index in [0.29, 0.717) is 17.7 Å². The van der Waals surface area contributed by atoms with E-state index < -0.39 is 0 Å². The number of ketones is 1. The minimum atomic E-state index is -0.0658. The van der Waals surface area contributed by atoms with E-state index in [1.54, 1.807) is 12.1 Å². The average molecular weight is 359 g/mol. The molecule has 0 atom stereocenters. The van der Waals surface area contributed by atoms with Crippen LogP contribution in [0.25, 0.3) is 0 Å². The first-order chi connectivity index (χ1) is 8.19. The van der Waals surface area contributed by atoms with Crippen LogP contribution in [-0.4, -0.2) is 11.7 Å². The number of Topliss-reactive ketones (excluding diaryl/α,β-unsaturated/α-hetero) is 1. The molecule has 0 bridgehead atoms. The predicted octanol–water partition coefficient (Wildman–Crippen LogP) is 3.87. The zero-order valence-corrected chi connectivity index (χ0v) is 13.3. The minimum absolute atomic E-state index is 0.0421. The van der Waals surface area contributed by atoms with Crippen LogP contribution < -0.4 is 5.32 Å². The lowest BCUT2D eigenvalue weighted by atomic mass is 9.92. The van der Waals surface area contributed by atoms with Crippen molar-refractivity contribution in [2.75, 3.05) is 5.32 Å². The van der Waals surface area contributed by atoms with Crippen molar-refractivity contribution in [3.63, 3.8) is 0 Å². The van der Waals surface area contributed by atoms with Gasteiger partial charge in [0.05, 0.1) is 5.69 Å². The van der Waals surface area contributed by atoms with Gasteiger partial charge < -0.3 is 5.32 Å². The highest BCUT2D eigenvalue weighted by Gasteiger charge is 2.17. The number of hydrogen-bond acceptors (Lipinski definition) is 2. The number of carbonyl (C=O) groups is 2. The molecular weight excluding hydrogens is 341 g/mol. The van der Waals surface area contributed by atoms with Crippen LogP contribution in [-0.2, 0) is 4.79 Å². The normalized spacial score (nSPS) is 11.2. The van der Waals surface area contributed by atoms with E-state index >= 15 is 0 Å². The van der Waals surface area contributed by atoms with Gasteiger partial charge in [-0.2, -0.15) is 0 Å². The molecule has 0 aliphatic rings. The zero-order valence-electron chi connectivity index (χ0n) is 11.1. The van der Waals surface area contributed by atoms with Gasteiger partial charge in [0.25, 0.3) is 0 Å². The first-order valence-corrected chi connectivity index (χ1v) is 6.87. The van der Waals surface area contributed by atoms with Crippen molar-refractivity contribution < 1.29 is 9.59 Å². The van der Waals surface area contributed by atoms with Crippen LogP contribution in [0.1, 0.15) is 44.5 Å². The SMILES string of the molecule is CC(=O)c1cc(I)ccc1NC(=O)CC(C)(C)C. The molecule has 0 unspecified atom stereocenters. The summed E-state index contributed by atoms with van der Waals surface area (Å²) in [6, 6.07) is 5.44. The average Bonchev–Trinajstić information content (AvgIpc) is 2.17. The van der Waals surface area contributed by atoms with Crippen LogP contribution in [0.15, 0.2) is 18.2 Å². The Bertz CT molecular complexity index is 475. The Kier molecular flexibility index (Phi) is 4.90. The number of carbonyl (C=O) groups excluding carboxylic acids is 2. The summed E-state index contributed by atoms with van der Waals surface area (Å²) in [5, 5.41) is 2.81. The topological polar surface area (TPSA) is 46.2 Å². The van der Waals surface area contributed by atoms with Crippen molar-refractivity contribution in [3.05, 3.63) is 27.3 Å². The van der Waals surface area contributed by atoms with Crippen LogP contribution in [0.5, 0.6) is 0 Å². The van der Waals surface area contributed by atoms with Crippen LogP contribution >= 0.6 is 22.6 Å². The van der Waals surface area contributed by atoms with Gasteiger partial charge in [-0.25, -0.2) is 0 Å². The maximum atomic E-state index is 11.9. The zero-order chi connectivity index (χ0) is 13.9. The fourth-order valence-corrected chi connectivity index (χ4v) is 2.08. The van der Waals surface area contributed by atoms with Gasteiger partial charge in [0.1, 0.15) is 0 Å². The molecule has 1 amide bonds. The maximum Gasteiger partial charge on any atom is 0.224 e. The summed E-state index contributed by atoms with van der Waals surface area (Å²) in [6.45, 7) is 7.52. The molecule has 0 saturated heterocycles. The molecule has 1 rings (SSSR count). The van der Waals surface area contributed by atoms with Gasteiger partial charge in [0.2, 0.25) is 5.91 Å². The van der Waals surface area contributed by atoms with E-state index in [0.717, 1.165) is 3.57 Å². The van der Waals surface area contributed by atoms with Gasteiger partial charge in [0.15, 0.2) is 5.78 Å². The molecule has 1 aromatic rings. The summed E-state index contributed by atoms with van der Waals surface area (Å²) >= 11 is 2.15. The van der Waals surface area contributed by atoms with Crippen molar-refractivity contribution in [2.45, 2.75) is 34.1 Å². The Morgan fingerprint density at radius 2 is 1.89 bits per heavy atom. The van der Waals surface area contributed by atoms with Crippen molar-refractivity contribution in [2.24, 2.45) is 5.41 Å². The second-order valence-corrected chi connectivity index (χ2v) is 6.78. The molecule has 0 saturated carbocycles. The third-order valence-electron chi connectivity index (χ3n) is 2.33. The summed E-state index contributed by atoms with van der Waals surface area (Å²) in [5.74, 6) is -0.106. The fraction of sp³-hybridized carbons (Fsp3) is 0.429. The number of benzene rings is 1. The second kappa shape index (κ2) is 5.82. The van der Waals surface area contributed by atoms with Gasteiger partial charge in [-0.1, -0.05) is 20.8 Å². The summed E-state index contributed by atoms with van der Waals surface area (Å²) < 4.78 is 0.978. The molecule has 98 valence electrons. The number of hydrogen-bond donors (Lipinski definition) is 1. The van der Waals surface area contributed by atoms with Gasteiger partial charge in [-0.15, -0.1) is 0 Å². The molecule has 0 aliphatic carbocycles.